The number of carbonyl (C=O) groups excluding carboxylic acids is 6. The van der Waals surface area contributed by atoms with Crippen LogP contribution < -0.4 is 37.9 Å². The molecular formula is C29H47N7O8. The summed E-state index contributed by atoms with van der Waals surface area (Å²) in [6.07, 6.45) is -1.79. The molecule has 1 aromatic rings. The first-order chi connectivity index (χ1) is 20.6. The van der Waals surface area contributed by atoms with Crippen LogP contribution in [0.15, 0.2) is 30.3 Å². The third-order valence-corrected chi connectivity index (χ3v) is 6.27. The first kappa shape index (κ1) is 37.8. The van der Waals surface area contributed by atoms with Gasteiger partial charge in [-0.25, -0.2) is 10.6 Å². The van der Waals surface area contributed by atoms with Crippen LogP contribution in [0.3, 0.4) is 0 Å². The average molecular weight is 622 g/mol. The predicted octanol–water partition coefficient (Wildman–Crippen LogP) is -0.665. The standard InChI is InChI=1S/C29H47N7O8/c1-16(2)12-21(26(40)31-14-23(38)36-30)34-27(41)22(13-17(3)4)33-25(39)18(5)32-28(42)24(19(6)37)35-29(43)44-15-20-10-8-7-9-11-20/h7-11,16-19,21-22,24,37H,12-15,30H2,1-6H3,(H,31,40)(H,32,42)(H,33,39)(H,34,41)(H,35,43)(H,36,38)/t18-,19-,21+,22-,24-/m1/s1. The van der Waals surface area contributed by atoms with Gasteiger partial charge < -0.3 is 36.4 Å². The zero-order chi connectivity index (χ0) is 33.4. The Balaban J connectivity index is 2.87. The van der Waals surface area contributed by atoms with Crippen molar-refractivity contribution < 1.29 is 38.6 Å². The van der Waals surface area contributed by atoms with Gasteiger partial charge in [-0.2, -0.15) is 0 Å². The van der Waals surface area contributed by atoms with Crippen LogP contribution in [0.1, 0.15) is 59.9 Å². The Bertz CT molecular complexity index is 1110. The molecule has 0 saturated heterocycles. The number of hydrazine groups is 1. The van der Waals surface area contributed by atoms with Crippen LogP contribution in [-0.4, -0.2) is 77.6 Å². The maximum atomic E-state index is 13.2. The van der Waals surface area contributed by atoms with Gasteiger partial charge in [-0.05, 0) is 44.1 Å². The van der Waals surface area contributed by atoms with Gasteiger partial charge >= 0.3 is 6.09 Å². The lowest BCUT2D eigenvalue weighted by Gasteiger charge is -2.27. The highest BCUT2D eigenvalue weighted by atomic mass is 16.5. The summed E-state index contributed by atoms with van der Waals surface area (Å²) >= 11 is 0. The van der Waals surface area contributed by atoms with Gasteiger partial charge in [0.1, 0.15) is 30.8 Å². The maximum absolute atomic E-state index is 13.2. The van der Waals surface area contributed by atoms with E-state index < -0.39 is 65.9 Å². The van der Waals surface area contributed by atoms with Gasteiger partial charge in [-0.3, -0.25) is 29.4 Å². The molecule has 0 aliphatic carbocycles. The van der Waals surface area contributed by atoms with Crippen molar-refractivity contribution in [1.29, 1.82) is 0 Å². The number of hydrogen-bond acceptors (Lipinski definition) is 9. The zero-order valence-electron chi connectivity index (χ0n) is 26.1. The Morgan fingerprint density at radius 3 is 1.82 bits per heavy atom. The number of nitrogens with one attached hydrogen (secondary N) is 6. The summed E-state index contributed by atoms with van der Waals surface area (Å²) in [6, 6.07) is 4.21. The first-order valence-electron chi connectivity index (χ1n) is 14.5. The lowest BCUT2D eigenvalue weighted by molar-refractivity contribution is -0.134. The van der Waals surface area contributed by atoms with Crippen molar-refractivity contribution in [2.24, 2.45) is 17.7 Å². The third kappa shape index (κ3) is 14.3. The Morgan fingerprint density at radius 2 is 1.30 bits per heavy atom. The summed E-state index contributed by atoms with van der Waals surface area (Å²) < 4.78 is 5.11. The van der Waals surface area contributed by atoms with Crippen LogP contribution in [0.5, 0.6) is 0 Å². The van der Waals surface area contributed by atoms with Gasteiger partial charge in [0.25, 0.3) is 5.91 Å². The van der Waals surface area contributed by atoms with E-state index in [1.54, 1.807) is 24.3 Å². The van der Waals surface area contributed by atoms with Crippen molar-refractivity contribution >= 4 is 35.6 Å². The molecule has 1 aromatic carbocycles. The fraction of sp³-hybridized carbons (Fsp3) is 0.586. The maximum Gasteiger partial charge on any atom is 0.408 e. The number of aliphatic hydroxyl groups is 1. The molecule has 15 nitrogen and oxygen atoms in total. The summed E-state index contributed by atoms with van der Waals surface area (Å²) in [6.45, 7) is 9.64. The van der Waals surface area contributed by atoms with Crippen LogP contribution in [0, 0.1) is 11.8 Å². The highest BCUT2D eigenvalue weighted by molar-refractivity contribution is 5.95. The topological polar surface area (TPSA) is 230 Å². The number of alkyl carbamates (subject to hydrolysis) is 1. The number of amides is 6. The first-order valence-corrected chi connectivity index (χ1v) is 14.5. The van der Waals surface area contributed by atoms with Crippen LogP contribution in [-0.2, 0) is 35.3 Å². The monoisotopic (exact) mass is 621 g/mol. The fourth-order valence-corrected chi connectivity index (χ4v) is 3.98. The minimum absolute atomic E-state index is 0.00820. The number of rotatable bonds is 17. The molecule has 0 aromatic heterocycles. The second-order valence-corrected chi connectivity index (χ2v) is 11.3. The van der Waals surface area contributed by atoms with Gasteiger partial charge in [0.05, 0.1) is 12.6 Å². The van der Waals surface area contributed by atoms with E-state index in [1.807, 2.05) is 39.2 Å². The Morgan fingerprint density at radius 1 is 0.750 bits per heavy atom. The van der Waals surface area contributed by atoms with E-state index in [9.17, 15) is 33.9 Å². The van der Waals surface area contributed by atoms with Crippen LogP contribution in [0.2, 0.25) is 0 Å². The lowest BCUT2D eigenvalue weighted by atomic mass is 10.00. The molecule has 0 aliphatic rings. The molecule has 0 heterocycles. The van der Waals surface area contributed by atoms with Gasteiger partial charge in [0.2, 0.25) is 23.6 Å². The Kier molecular flexibility index (Phi) is 16.4. The van der Waals surface area contributed by atoms with Crippen molar-refractivity contribution in [3.63, 3.8) is 0 Å². The van der Waals surface area contributed by atoms with Crippen LogP contribution >= 0.6 is 0 Å². The molecule has 6 amide bonds. The van der Waals surface area contributed by atoms with Gasteiger partial charge in [-0.15, -0.1) is 0 Å². The predicted molar refractivity (Wildman–Crippen MR) is 161 cm³/mol. The molecule has 44 heavy (non-hydrogen) atoms. The molecular weight excluding hydrogens is 574 g/mol. The van der Waals surface area contributed by atoms with Crippen molar-refractivity contribution in [2.45, 2.75) is 91.3 Å². The van der Waals surface area contributed by atoms with Crippen molar-refractivity contribution in [2.75, 3.05) is 6.54 Å². The van der Waals surface area contributed by atoms with Crippen molar-refractivity contribution in [3.05, 3.63) is 35.9 Å². The quantitative estimate of drug-likeness (QED) is 0.0626. The van der Waals surface area contributed by atoms with E-state index in [-0.39, 0.29) is 37.8 Å². The minimum Gasteiger partial charge on any atom is -0.445 e. The molecule has 246 valence electrons. The second-order valence-electron chi connectivity index (χ2n) is 11.3. The molecule has 1 rings (SSSR count). The van der Waals surface area contributed by atoms with E-state index in [0.29, 0.717) is 0 Å². The SMILES string of the molecule is CC(C)C[C@H](NC(=O)[C@@H](CC(C)C)NC(=O)[C@@H](C)NC(=O)[C@H](NC(=O)OCc1ccccc1)[C@@H](C)O)C(=O)NCC(=O)NN. The molecule has 5 atom stereocenters. The molecule has 0 unspecified atom stereocenters. The summed E-state index contributed by atoms with van der Waals surface area (Å²) in [4.78, 5) is 75.6. The van der Waals surface area contributed by atoms with Crippen LogP contribution in [0.4, 0.5) is 4.79 Å². The lowest BCUT2D eigenvalue weighted by Crippen LogP contribution is -2.59. The third-order valence-electron chi connectivity index (χ3n) is 6.27. The van der Waals surface area contributed by atoms with Gasteiger partial charge in [-0.1, -0.05) is 58.0 Å². The minimum atomic E-state index is -1.43. The van der Waals surface area contributed by atoms with Gasteiger partial charge in [0, 0.05) is 0 Å². The fourth-order valence-electron chi connectivity index (χ4n) is 3.98. The molecule has 0 spiro atoms. The smallest absolute Gasteiger partial charge is 0.408 e. The van der Waals surface area contributed by atoms with Crippen molar-refractivity contribution in [3.8, 4) is 0 Å². The summed E-state index contributed by atoms with van der Waals surface area (Å²) in [7, 11) is 0. The number of carbonyl (C=O) groups is 6. The second kappa shape index (κ2) is 19.1. The number of ether oxygens (including phenoxy) is 1. The number of hydrogen-bond donors (Lipinski definition) is 8. The molecule has 9 N–H and O–H groups in total. The van der Waals surface area contributed by atoms with E-state index in [4.69, 9.17) is 10.6 Å². The highest BCUT2D eigenvalue weighted by Gasteiger charge is 2.32. The molecule has 0 bridgehead atoms. The van der Waals surface area contributed by atoms with E-state index in [2.05, 4.69) is 26.6 Å². The van der Waals surface area contributed by atoms with E-state index in [0.717, 1.165) is 5.56 Å². The zero-order valence-corrected chi connectivity index (χ0v) is 26.1. The van der Waals surface area contributed by atoms with Gasteiger partial charge in [0.15, 0.2) is 0 Å². The number of aliphatic hydroxyl groups excluding tert-OH is 1. The van der Waals surface area contributed by atoms with Crippen molar-refractivity contribution in [1.82, 2.24) is 32.0 Å². The Labute approximate surface area is 257 Å². The highest BCUT2D eigenvalue weighted by Crippen LogP contribution is 2.10. The summed E-state index contributed by atoms with van der Waals surface area (Å²) in [5.74, 6) is 1.62. The molecule has 0 aliphatic heterocycles. The average Bonchev–Trinajstić information content (AvgIpc) is 2.96. The summed E-state index contributed by atoms with van der Waals surface area (Å²) in [5, 5.41) is 22.5. The normalized spacial score (nSPS) is 14.3. The molecule has 15 heteroatoms. The number of nitrogens with two attached hydrogens (primary N) is 1. The number of benzene rings is 1. The van der Waals surface area contributed by atoms with Crippen LogP contribution in [0.25, 0.3) is 0 Å². The largest absolute Gasteiger partial charge is 0.445 e. The Hall–Kier alpha value is -4.24. The summed E-state index contributed by atoms with van der Waals surface area (Å²) in [5.41, 5.74) is 2.62. The molecule has 0 fully saturated rings. The molecule has 0 saturated carbocycles. The van der Waals surface area contributed by atoms with E-state index in [1.165, 1.54) is 13.8 Å². The van der Waals surface area contributed by atoms with E-state index >= 15 is 0 Å². The molecule has 0 radical (unpaired) electrons.